The quantitative estimate of drug-likeness (QED) is 0.583. The van der Waals surface area contributed by atoms with Crippen molar-refractivity contribution in [2.75, 3.05) is 19.0 Å². The number of benzene rings is 2. The SMILES string of the molecule is CCCOc1cc(Br)c(CNc2ccc(Cl)cc2Cl)cc1OC. The van der Waals surface area contributed by atoms with Crippen LogP contribution in [0.1, 0.15) is 18.9 Å². The molecule has 0 fully saturated rings. The van der Waals surface area contributed by atoms with Gasteiger partial charge in [-0.3, -0.25) is 0 Å². The Morgan fingerprint density at radius 3 is 2.57 bits per heavy atom. The monoisotopic (exact) mass is 417 g/mol. The fourth-order valence-corrected chi connectivity index (χ4v) is 2.96. The second-order valence-electron chi connectivity index (χ2n) is 4.92. The first-order valence-electron chi connectivity index (χ1n) is 7.23. The van der Waals surface area contributed by atoms with Gasteiger partial charge in [0.1, 0.15) is 0 Å². The van der Waals surface area contributed by atoms with E-state index in [1.54, 1.807) is 19.2 Å². The van der Waals surface area contributed by atoms with Crippen LogP contribution in [0.3, 0.4) is 0 Å². The Labute approximate surface area is 155 Å². The summed E-state index contributed by atoms with van der Waals surface area (Å²) in [6.45, 7) is 3.31. The molecule has 124 valence electrons. The van der Waals surface area contributed by atoms with Crippen LogP contribution in [0.4, 0.5) is 5.69 Å². The standard InChI is InChI=1S/C17H18BrCl2NO2/c1-3-6-23-17-9-13(18)11(7-16(17)22-2)10-21-15-5-4-12(19)8-14(15)20/h4-5,7-9,21H,3,6,10H2,1-2H3. The Kier molecular flexibility index (Phi) is 6.88. The van der Waals surface area contributed by atoms with Crippen molar-refractivity contribution in [1.82, 2.24) is 0 Å². The normalized spacial score (nSPS) is 10.5. The Bertz CT molecular complexity index is 680. The van der Waals surface area contributed by atoms with Crippen LogP contribution >= 0.6 is 39.1 Å². The zero-order valence-corrected chi connectivity index (χ0v) is 16.1. The third kappa shape index (κ3) is 4.93. The molecule has 2 rings (SSSR count). The molecule has 23 heavy (non-hydrogen) atoms. The molecule has 0 saturated carbocycles. The van der Waals surface area contributed by atoms with Gasteiger partial charge in [-0.15, -0.1) is 0 Å². The molecule has 0 aliphatic heterocycles. The molecule has 0 unspecified atom stereocenters. The van der Waals surface area contributed by atoms with Gasteiger partial charge in [0.25, 0.3) is 0 Å². The van der Waals surface area contributed by atoms with Gasteiger partial charge in [0, 0.05) is 16.0 Å². The number of rotatable bonds is 7. The van der Waals surface area contributed by atoms with Crippen molar-refractivity contribution in [3.63, 3.8) is 0 Å². The van der Waals surface area contributed by atoms with E-state index in [0.29, 0.717) is 28.9 Å². The number of hydrogen-bond donors (Lipinski definition) is 1. The lowest BCUT2D eigenvalue weighted by Crippen LogP contribution is -2.03. The summed E-state index contributed by atoms with van der Waals surface area (Å²) in [7, 11) is 1.63. The van der Waals surface area contributed by atoms with E-state index < -0.39 is 0 Å². The van der Waals surface area contributed by atoms with E-state index in [0.717, 1.165) is 27.9 Å². The van der Waals surface area contributed by atoms with Gasteiger partial charge in [-0.05, 0) is 42.3 Å². The molecular formula is C17H18BrCl2NO2. The van der Waals surface area contributed by atoms with Crippen molar-refractivity contribution in [3.05, 3.63) is 50.4 Å². The summed E-state index contributed by atoms with van der Waals surface area (Å²) < 4.78 is 12.1. The molecule has 0 atom stereocenters. The number of methoxy groups -OCH3 is 1. The molecule has 0 saturated heterocycles. The molecule has 0 aliphatic rings. The molecule has 6 heteroatoms. The summed E-state index contributed by atoms with van der Waals surface area (Å²) in [6, 6.07) is 9.24. The van der Waals surface area contributed by atoms with Crippen molar-refractivity contribution in [2.24, 2.45) is 0 Å². The molecule has 0 spiro atoms. The second kappa shape index (κ2) is 8.67. The smallest absolute Gasteiger partial charge is 0.162 e. The topological polar surface area (TPSA) is 30.5 Å². The number of anilines is 1. The zero-order chi connectivity index (χ0) is 16.8. The van der Waals surface area contributed by atoms with Crippen LogP contribution in [0.25, 0.3) is 0 Å². The van der Waals surface area contributed by atoms with Gasteiger partial charge >= 0.3 is 0 Å². The van der Waals surface area contributed by atoms with E-state index in [2.05, 4.69) is 28.2 Å². The Morgan fingerprint density at radius 1 is 1.13 bits per heavy atom. The molecule has 3 nitrogen and oxygen atoms in total. The second-order valence-corrected chi connectivity index (χ2v) is 6.62. The summed E-state index contributed by atoms with van der Waals surface area (Å²) in [6.07, 6.45) is 0.944. The van der Waals surface area contributed by atoms with Gasteiger partial charge in [-0.1, -0.05) is 46.1 Å². The predicted octanol–water partition coefficient (Wildman–Crippen LogP) is 6.17. The maximum absolute atomic E-state index is 6.17. The van der Waals surface area contributed by atoms with Crippen molar-refractivity contribution < 1.29 is 9.47 Å². The van der Waals surface area contributed by atoms with Crippen molar-refractivity contribution in [2.45, 2.75) is 19.9 Å². The number of nitrogens with one attached hydrogen (secondary N) is 1. The predicted molar refractivity (Wildman–Crippen MR) is 100 cm³/mol. The first-order valence-corrected chi connectivity index (χ1v) is 8.78. The fraction of sp³-hybridized carbons (Fsp3) is 0.294. The summed E-state index contributed by atoms with van der Waals surface area (Å²) in [5.41, 5.74) is 1.87. The lowest BCUT2D eigenvalue weighted by molar-refractivity contribution is 0.294. The minimum absolute atomic E-state index is 0.587. The molecular weight excluding hydrogens is 401 g/mol. The molecule has 0 bridgehead atoms. The van der Waals surface area contributed by atoms with Crippen LogP contribution in [-0.2, 0) is 6.54 Å². The van der Waals surface area contributed by atoms with E-state index in [-0.39, 0.29) is 0 Å². The van der Waals surface area contributed by atoms with Gasteiger partial charge in [-0.2, -0.15) is 0 Å². The molecule has 0 aliphatic carbocycles. The van der Waals surface area contributed by atoms with E-state index in [1.165, 1.54) is 0 Å². The molecule has 0 aromatic heterocycles. The maximum atomic E-state index is 6.17. The number of ether oxygens (including phenoxy) is 2. The lowest BCUT2D eigenvalue weighted by Gasteiger charge is -2.15. The van der Waals surface area contributed by atoms with E-state index in [4.69, 9.17) is 32.7 Å². The minimum atomic E-state index is 0.587. The Balaban J connectivity index is 2.16. The molecule has 2 aromatic carbocycles. The zero-order valence-electron chi connectivity index (χ0n) is 13.0. The van der Waals surface area contributed by atoms with Gasteiger partial charge < -0.3 is 14.8 Å². The first-order chi connectivity index (χ1) is 11.0. The van der Waals surface area contributed by atoms with Gasteiger partial charge in [0.05, 0.1) is 24.4 Å². The van der Waals surface area contributed by atoms with E-state index >= 15 is 0 Å². The van der Waals surface area contributed by atoms with Gasteiger partial charge in [0.15, 0.2) is 11.5 Å². The Hall–Kier alpha value is -1.10. The van der Waals surface area contributed by atoms with Crippen LogP contribution in [0.2, 0.25) is 10.0 Å². The third-order valence-electron chi connectivity index (χ3n) is 3.19. The highest BCUT2D eigenvalue weighted by molar-refractivity contribution is 9.10. The molecule has 1 N–H and O–H groups in total. The molecule has 2 aromatic rings. The van der Waals surface area contributed by atoms with Crippen LogP contribution in [0.15, 0.2) is 34.8 Å². The molecule has 0 radical (unpaired) electrons. The fourth-order valence-electron chi connectivity index (χ4n) is 2.02. The summed E-state index contributed by atoms with van der Waals surface area (Å²) in [5, 5.41) is 4.49. The van der Waals surface area contributed by atoms with E-state index in [1.807, 2.05) is 18.2 Å². The number of halogens is 3. The minimum Gasteiger partial charge on any atom is -0.493 e. The summed E-state index contributed by atoms with van der Waals surface area (Å²) >= 11 is 15.7. The maximum Gasteiger partial charge on any atom is 0.162 e. The van der Waals surface area contributed by atoms with Crippen molar-refractivity contribution >= 4 is 44.8 Å². The summed E-state index contributed by atoms with van der Waals surface area (Å²) in [4.78, 5) is 0. The highest BCUT2D eigenvalue weighted by Gasteiger charge is 2.11. The van der Waals surface area contributed by atoms with Crippen LogP contribution in [-0.4, -0.2) is 13.7 Å². The average Bonchev–Trinajstić information content (AvgIpc) is 2.53. The van der Waals surface area contributed by atoms with E-state index in [9.17, 15) is 0 Å². The van der Waals surface area contributed by atoms with Crippen LogP contribution in [0.5, 0.6) is 11.5 Å². The molecule has 0 heterocycles. The van der Waals surface area contributed by atoms with Crippen LogP contribution in [0, 0.1) is 0 Å². The van der Waals surface area contributed by atoms with Crippen molar-refractivity contribution in [1.29, 1.82) is 0 Å². The average molecular weight is 419 g/mol. The largest absolute Gasteiger partial charge is 0.493 e. The first kappa shape index (κ1) is 18.2. The third-order valence-corrected chi connectivity index (χ3v) is 4.48. The van der Waals surface area contributed by atoms with Crippen LogP contribution < -0.4 is 14.8 Å². The molecule has 0 amide bonds. The highest BCUT2D eigenvalue weighted by Crippen LogP contribution is 2.34. The Morgan fingerprint density at radius 2 is 1.91 bits per heavy atom. The van der Waals surface area contributed by atoms with Crippen molar-refractivity contribution in [3.8, 4) is 11.5 Å². The van der Waals surface area contributed by atoms with Gasteiger partial charge in [0.2, 0.25) is 0 Å². The highest BCUT2D eigenvalue weighted by atomic mass is 79.9. The lowest BCUT2D eigenvalue weighted by atomic mass is 10.2. The number of hydrogen-bond acceptors (Lipinski definition) is 3. The van der Waals surface area contributed by atoms with Gasteiger partial charge in [-0.25, -0.2) is 0 Å². The summed E-state index contributed by atoms with van der Waals surface area (Å²) in [5.74, 6) is 1.44.